The van der Waals surface area contributed by atoms with Crippen molar-refractivity contribution < 1.29 is 19.5 Å². The van der Waals surface area contributed by atoms with E-state index in [9.17, 15) is 19.5 Å². The summed E-state index contributed by atoms with van der Waals surface area (Å²) in [6, 6.07) is 12.5. The molecule has 6 heteroatoms. The Balaban J connectivity index is 1.55. The Hall–Kier alpha value is -2.89. The van der Waals surface area contributed by atoms with Gasteiger partial charge in [0, 0.05) is 25.1 Å². The van der Waals surface area contributed by atoms with Gasteiger partial charge in [-0.2, -0.15) is 0 Å². The van der Waals surface area contributed by atoms with Crippen LogP contribution in [0.15, 0.2) is 42.5 Å². The molecule has 2 N–H and O–H groups in total. The molecule has 1 aliphatic rings. The van der Waals surface area contributed by atoms with Crippen LogP contribution < -0.4 is 5.32 Å². The van der Waals surface area contributed by atoms with Crippen LogP contribution in [0.25, 0.3) is 10.8 Å². The Morgan fingerprint density at radius 1 is 1.15 bits per heavy atom. The highest BCUT2D eigenvalue weighted by molar-refractivity contribution is 5.98. The molecule has 142 valence electrons. The second-order valence-corrected chi connectivity index (χ2v) is 7.14. The molecule has 0 saturated carbocycles. The third-order valence-corrected chi connectivity index (χ3v) is 5.11. The van der Waals surface area contributed by atoms with Gasteiger partial charge < -0.3 is 15.3 Å². The number of amides is 2. The van der Waals surface area contributed by atoms with Gasteiger partial charge in [-0.15, -0.1) is 0 Å². The van der Waals surface area contributed by atoms with Gasteiger partial charge in [0.05, 0.1) is 0 Å². The van der Waals surface area contributed by atoms with Crippen LogP contribution in [0.1, 0.15) is 36.5 Å². The van der Waals surface area contributed by atoms with Gasteiger partial charge in [-0.1, -0.05) is 37.3 Å². The third-order valence-electron chi connectivity index (χ3n) is 5.11. The fourth-order valence-corrected chi connectivity index (χ4v) is 3.53. The van der Waals surface area contributed by atoms with Gasteiger partial charge in [0.15, 0.2) is 0 Å². The van der Waals surface area contributed by atoms with E-state index in [1.807, 2.05) is 43.3 Å². The minimum Gasteiger partial charge on any atom is -0.480 e. The first-order valence-corrected chi connectivity index (χ1v) is 9.25. The maximum atomic E-state index is 12.4. The van der Waals surface area contributed by atoms with Crippen molar-refractivity contribution in [1.29, 1.82) is 0 Å². The van der Waals surface area contributed by atoms with E-state index >= 15 is 0 Å². The lowest BCUT2D eigenvalue weighted by Gasteiger charge is -2.36. The zero-order chi connectivity index (χ0) is 19.4. The molecule has 2 unspecified atom stereocenters. The molecule has 27 heavy (non-hydrogen) atoms. The summed E-state index contributed by atoms with van der Waals surface area (Å²) in [4.78, 5) is 37.6. The van der Waals surface area contributed by atoms with Gasteiger partial charge >= 0.3 is 5.97 Å². The van der Waals surface area contributed by atoms with E-state index in [0.29, 0.717) is 24.4 Å². The molecule has 1 saturated heterocycles. The number of carbonyl (C=O) groups excluding carboxylic acids is 2. The van der Waals surface area contributed by atoms with Crippen LogP contribution in [0, 0.1) is 5.92 Å². The summed E-state index contributed by atoms with van der Waals surface area (Å²) in [5.74, 6) is -1.14. The molecule has 0 spiro atoms. The molecule has 1 fully saturated rings. The van der Waals surface area contributed by atoms with E-state index < -0.39 is 12.0 Å². The van der Waals surface area contributed by atoms with E-state index in [2.05, 4.69) is 5.32 Å². The SMILES string of the molecule is CC1CCN(C(=O)CCNC(=O)c2ccc3ccccc3c2)C(C(=O)O)C1. The molecule has 1 aliphatic heterocycles. The first-order valence-electron chi connectivity index (χ1n) is 9.25. The molecule has 0 bridgehead atoms. The number of aliphatic carboxylic acids is 1. The number of fused-ring (bicyclic) bond motifs is 1. The largest absolute Gasteiger partial charge is 0.480 e. The van der Waals surface area contributed by atoms with Gasteiger partial charge in [-0.25, -0.2) is 4.79 Å². The summed E-state index contributed by atoms with van der Waals surface area (Å²) in [5, 5.41) is 14.2. The highest BCUT2D eigenvalue weighted by Gasteiger charge is 2.34. The van der Waals surface area contributed by atoms with Gasteiger partial charge in [0.25, 0.3) is 5.91 Å². The molecular weight excluding hydrogens is 344 g/mol. The summed E-state index contributed by atoms with van der Waals surface area (Å²) >= 11 is 0. The number of hydrogen-bond donors (Lipinski definition) is 2. The summed E-state index contributed by atoms with van der Waals surface area (Å²) in [5.41, 5.74) is 0.538. The Morgan fingerprint density at radius 2 is 1.89 bits per heavy atom. The van der Waals surface area contributed by atoms with Crippen LogP contribution in [-0.2, 0) is 9.59 Å². The monoisotopic (exact) mass is 368 g/mol. The maximum Gasteiger partial charge on any atom is 0.326 e. The van der Waals surface area contributed by atoms with Crippen molar-refractivity contribution in [3.8, 4) is 0 Å². The highest BCUT2D eigenvalue weighted by Crippen LogP contribution is 2.23. The van der Waals surface area contributed by atoms with E-state index in [1.54, 1.807) is 6.07 Å². The van der Waals surface area contributed by atoms with E-state index in [4.69, 9.17) is 0 Å². The van der Waals surface area contributed by atoms with Crippen LogP contribution in [0.2, 0.25) is 0 Å². The molecule has 0 aromatic heterocycles. The van der Waals surface area contributed by atoms with Gasteiger partial charge in [0.1, 0.15) is 6.04 Å². The molecule has 6 nitrogen and oxygen atoms in total. The number of nitrogens with zero attached hydrogens (tertiary/aromatic N) is 1. The van der Waals surface area contributed by atoms with Crippen molar-refractivity contribution in [3.05, 3.63) is 48.0 Å². The average Bonchev–Trinajstić information content (AvgIpc) is 2.67. The smallest absolute Gasteiger partial charge is 0.326 e. The van der Waals surface area contributed by atoms with Crippen LogP contribution in [0.3, 0.4) is 0 Å². The average molecular weight is 368 g/mol. The van der Waals surface area contributed by atoms with Gasteiger partial charge in [0.2, 0.25) is 5.91 Å². The molecular formula is C21H24N2O4. The van der Waals surface area contributed by atoms with Crippen molar-refractivity contribution in [2.24, 2.45) is 5.92 Å². The second kappa shape index (κ2) is 8.20. The Morgan fingerprint density at radius 3 is 2.63 bits per heavy atom. The van der Waals surface area contributed by atoms with Crippen molar-refractivity contribution in [2.75, 3.05) is 13.1 Å². The first kappa shape index (κ1) is 18.9. The Kier molecular flexibility index (Phi) is 5.74. The Bertz CT molecular complexity index is 864. The maximum absolute atomic E-state index is 12.4. The molecule has 0 aliphatic carbocycles. The van der Waals surface area contributed by atoms with E-state index in [-0.39, 0.29) is 24.8 Å². The predicted molar refractivity (Wildman–Crippen MR) is 102 cm³/mol. The van der Waals surface area contributed by atoms with Crippen molar-refractivity contribution >= 4 is 28.6 Å². The fraction of sp³-hybridized carbons (Fsp3) is 0.381. The number of nitrogens with one attached hydrogen (secondary N) is 1. The molecule has 2 aromatic carbocycles. The summed E-state index contributed by atoms with van der Waals surface area (Å²) in [6.45, 7) is 2.64. The van der Waals surface area contributed by atoms with Crippen molar-refractivity contribution in [3.63, 3.8) is 0 Å². The summed E-state index contributed by atoms with van der Waals surface area (Å²) in [7, 11) is 0. The first-order chi connectivity index (χ1) is 13.0. The number of hydrogen-bond acceptors (Lipinski definition) is 3. The fourth-order valence-electron chi connectivity index (χ4n) is 3.53. The number of carbonyl (C=O) groups is 3. The normalized spacial score (nSPS) is 19.7. The summed E-state index contributed by atoms with van der Waals surface area (Å²) < 4.78 is 0. The number of likely N-dealkylation sites (tertiary alicyclic amines) is 1. The number of piperidine rings is 1. The lowest BCUT2D eigenvalue weighted by Crippen LogP contribution is -2.50. The lowest BCUT2D eigenvalue weighted by molar-refractivity contribution is -0.153. The quantitative estimate of drug-likeness (QED) is 0.849. The lowest BCUT2D eigenvalue weighted by atomic mass is 9.92. The molecule has 2 amide bonds. The molecule has 3 rings (SSSR count). The topological polar surface area (TPSA) is 86.7 Å². The van der Waals surface area contributed by atoms with E-state index in [1.165, 1.54) is 4.90 Å². The zero-order valence-electron chi connectivity index (χ0n) is 15.4. The predicted octanol–water partition coefficient (Wildman–Crippen LogP) is 2.67. The van der Waals surface area contributed by atoms with Crippen LogP contribution in [0.4, 0.5) is 0 Å². The molecule has 2 atom stereocenters. The van der Waals surface area contributed by atoms with Crippen LogP contribution in [0.5, 0.6) is 0 Å². The third kappa shape index (κ3) is 4.45. The molecule has 0 radical (unpaired) electrons. The number of carboxylic acid groups (broad SMARTS) is 1. The van der Waals surface area contributed by atoms with Gasteiger partial charge in [-0.3, -0.25) is 9.59 Å². The van der Waals surface area contributed by atoms with Crippen molar-refractivity contribution in [1.82, 2.24) is 10.2 Å². The van der Waals surface area contributed by atoms with Crippen LogP contribution in [-0.4, -0.2) is 46.9 Å². The highest BCUT2D eigenvalue weighted by atomic mass is 16.4. The van der Waals surface area contributed by atoms with E-state index in [0.717, 1.165) is 17.2 Å². The second-order valence-electron chi connectivity index (χ2n) is 7.14. The summed E-state index contributed by atoms with van der Waals surface area (Å²) in [6.07, 6.45) is 1.38. The minimum atomic E-state index is -0.963. The molecule has 1 heterocycles. The molecule has 2 aromatic rings. The Labute approximate surface area is 158 Å². The standard InChI is InChI=1S/C21H24N2O4/c1-14-9-11-23(18(12-14)21(26)27)19(24)8-10-22-20(25)17-7-6-15-4-2-3-5-16(15)13-17/h2-7,13-14,18H,8-12H2,1H3,(H,22,25)(H,26,27). The minimum absolute atomic E-state index is 0.0947. The van der Waals surface area contributed by atoms with Gasteiger partial charge in [-0.05, 0) is 41.7 Å². The number of carboxylic acids is 1. The number of rotatable bonds is 5. The number of benzene rings is 2. The zero-order valence-corrected chi connectivity index (χ0v) is 15.4. The van der Waals surface area contributed by atoms with Crippen LogP contribution >= 0.6 is 0 Å². The van der Waals surface area contributed by atoms with Crippen molar-refractivity contribution in [2.45, 2.75) is 32.2 Å².